The molecule has 0 atom stereocenters. The van der Waals surface area contributed by atoms with Gasteiger partial charge in [0.1, 0.15) is 5.69 Å². The van der Waals surface area contributed by atoms with Gasteiger partial charge in [-0.2, -0.15) is 0 Å². The Hall–Kier alpha value is -3.94. The molecule has 0 saturated carbocycles. The Labute approximate surface area is 171 Å². The lowest BCUT2D eigenvalue weighted by molar-refractivity contribution is -0.124. The van der Waals surface area contributed by atoms with Crippen molar-refractivity contribution >= 4 is 23.0 Å². The van der Waals surface area contributed by atoms with Crippen LogP contribution in [0.5, 0.6) is 0 Å². The summed E-state index contributed by atoms with van der Waals surface area (Å²) >= 11 is 0. The minimum atomic E-state index is -0.674. The van der Waals surface area contributed by atoms with Gasteiger partial charge < -0.3 is 19.0 Å². The number of amides is 1. The molecule has 0 spiro atoms. The van der Waals surface area contributed by atoms with Crippen LogP contribution in [0, 0.1) is 13.8 Å². The number of hydrogen-bond acceptors (Lipinski definition) is 7. The largest absolute Gasteiger partial charge is 0.463 e. The number of pyridine rings is 1. The van der Waals surface area contributed by atoms with E-state index in [-0.39, 0.29) is 11.3 Å². The van der Waals surface area contributed by atoms with Crippen molar-refractivity contribution in [1.82, 2.24) is 15.5 Å². The smallest absolute Gasteiger partial charge is 0.339 e. The molecule has 1 aromatic carbocycles. The highest BCUT2D eigenvalue weighted by Gasteiger charge is 2.22. The van der Waals surface area contributed by atoms with Crippen LogP contribution in [0.3, 0.4) is 0 Å². The van der Waals surface area contributed by atoms with Gasteiger partial charge in [-0.05, 0) is 43.2 Å². The van der Waals surface area contributed by atoms with Gasteiger partial charge in [-0.15, -0.1) is 0 Å². The van der Waals surface area contributed by atoms with E-state index in [1.165, 1.54) is 6.26 Å². The fraction of sp³-hybridized carbons (Fsp3) is 0.182. The van der Waals surface area contributed by atoms with E-state index < -0.39 is 18.5 Å². The molecule has 4 rings (SSSR count). The lowest BCUT2D eigenvalue weighted by atomic mass is 10.1. The third-order valence-corrected chi connectivity index (χ3v) is 4.68. The minimum Gasteiger partial charge on any atom is -0.463 e. The number of furan rings is 1. The molecule has 8 heteroatoms. The lowest BCUT2D eigenvalue weighted by Crippen LogP contribution is -2.28. The predicted octanol–water partition coefficient (Wildman–Crippen LogP) is 3.57. The van der Waals surface area contributed by atoms with Gasteiger partial charge in [0.2, 0.25) is 0 Å². The van der Waals surface area contributed by atoms with Crippen LogP contribution in [0.15, 0.2) is 57.7 Å². The number of nitrogens with one attached hydrogen (secondary N) is 1. The number of carbonyl (C=O) groups excluding carboxylic acids is 2. The van der Waals surface area contributed by atoms with E-state index in [1.54, 1.807) is 25.1 Å². The van der Waals surface area contributed by atoms with Crippen molar-refractivity contribution in [2.24, 2.45) is 0 Å². The van der Waals surface area contributed by atoms with Gasteiger partial charge in [0.15, 0.2) is 12.4 Å². The lowest BCUT2D eigenvalue weighted by Gasteiger charge is -2.09. The maximum absolute atomic E-state index is 12.7. The Morgan fingerprint density at radius 1 is 1.13 bits per heavy atom. The number of esters is 1. The average Bonchev–Trinajstić information content (AvgIpc) is 3.41. The molecule has 30 heavy (non-hydrogen) atoms. The molecule has 0 radical (unpaired) electrons. The molecule has 3 aromatic heterocycles. The molecule has 4 aromatic rings. The van der Waals surface area contributed by atoms with E-state index in [4.69, 9.17) is 13.7 Å². The molecule has 0 aliphatic heterocycles. The Balaban J connectivity index is 1.48. The van der Waals surface area contributed by atoms with Crippen molar-refractivity contribution in [2.75, 3.05) is 6.61 Å². The molecule has 1 amide bonds. The van der Waals surface area contributed by atoms with Crippen molar-refractivity contribution < 1.29 is 23.3 Å². The molecule has 0 saturated heterocycles. The topological polar surface area (TPSA) is 107 Å². The Kier molecular flexibility index (Phi) is 5.30. The summed E-state index contributed by atoms with van der Waals surface area (Å²) in [4.78, 5) is 29.2. The Bertz CT molecular complexity index is 1210. The van der Waals surface area contributed by atoms with E-state index in [0.717, 1.165) is 11.1 Å². The highest BCUT2D eigenvalue weighted by Crippen LogP contribution is 2.27. The molecule has 0 aliphatic rings. The van der Waals surface area contributed by atoms with Crippen molar-refractivity contribution in [2.45, 2.75) is 20.4 Å². The fourth-order valence-electron chi connectivity index (χ4n) is 3.07. The molecule has 152 valence electrons. The number of aromatic nitrogens is 2. The van der Waals surface area contributed by atoms with Crippen molar-refractivity contribution in [3.8, 4) is 11.5 Å². The zero-order valence-corrected chi connectivity index (χ0v) is 16.5. The molecule has 3 heterocycles. The molecule has 0 fully saturated rings. The number of aryl methyl sites for hydroxylation is 2. The number of ether oxygens (including phenoxy) is 1. The van der Waals surface area contributed by atoms with Gasteiger partial charge in [0.25, 0.3) is 11.6 Å². The quantitative estimate of drug-likeness (QED) is 0.489. The van der Waals surface area contributed by atoms with Crippen LogP contribution in [-0.2, 0) is 16.1 Å². The fourth-order valence-corrected chi connectivity index (χ4v) is 3.07. The normalized spacial score (nSPS) is 10.9. The number of carbonyl (C=O) groups is 2. The maximum Gasteiger partial charge on any atom is 0.339 e. The van der Waals surface area contributed by atoms with E-state index in [1.807, 2.05) is 31.2 Å². The van der Waals surface area contributed by atoms with E-state index in [2.05, 4.69) is 15.5 Å². The first-order valence-corrected chi connectivity index (χ1v) is 9.32. The Morgan fingerprint density at radius 3 is 2.73 bits per heavy atom. The van der Waals surface area contributed by atoms with Crippen molar-refractivity contribution in [1.29, 1.82) is 0 Å². The molecular formula is C22H19N3O5. The number of rotatable bonds is 6. The van der Waals surface area contributed by atoms with Gasteiger partial charge in [0.05, 0.1) is 22.9 Å². The second-order valence-electron chi connectivity index (χ2n) is 6.76. The first-order chi connectivity index (χ1) is 14.5. The molecule has 8 nitrogen and oxygen atoms in total. The number of nitrogens with zero attached hydrogens (tertiary/aromatic N) is 2. The molecule has 1 N–H and O–H groups in total. The van der Waals surface area contributed by atoms with Gasteiger partial charge in [-0.3, -0.25) is 4.79 Å². The summed E-state index contributed by atoms with van der Waals surface area (Å²) in [6.45, 7) is 3.62. The van der Waals surface area contributed by atoms with Crippen LogP contribution in [0.2, 0.25) is 0 Å². The number of hydrogen-bond donors (Lipinski definition) is 1. The summed E-state index contributed by atoms with van der Waals surface area (Å²) in [6.07, 6.45) is 1.50. The van der Waals surface area contributed by atoms with Crippen LogP contribution >= 0.6 is 0 Å². The van der Waals surface area contributed by atoms with E-state index >= 15 is 0 Å². The number of benzene rings is 1. The predicted molar refractivity (Wildman–Crippen MR) is 108 cm³/mol. The monoisotopic (exact) mass is 405 g/mol. The zero-order valence-electron chi connectivity index (χ0n) is 16.5. The molecule has 0 unspecified atom stereocenters. The van der Waals surface area contributed by atoms with Gasteiger partial charge in [-0.25, -0.2) is 9.78 Å². The standard InChI is InChI=1S/C22H19N3O5/c1-13-6-3-4-7-15(13)11-23-19(26)12-29-22(27)16-10-17(18-8-5-9-28-18)24-21-20(16)14(2)25-30-21/h3-10H,11-12H2,1-2H3,(H,23,26). The average molecular weight is 405 g/mol. The van der Waals surface area contributed by atoms with Crippen LogP contribution in [0.25, 0.3) is 22.6 Å². The summed E-state index contributed by atoms with van der Waals surface area (Å²) in [7, 11) is 0. The molecular weight excluding hydrogens is 386 g/mol. The Morgan fingerprint density at radius 2 is 1.97 bits per heavy atom. The summed E-state index contributed by atoms with van der Waals surface area (Å²) in [5.74, 6) is -0.603. The third-order valence-electron chi connectivity index (χ3n) is 4.68. The second-order valence-corrected chi connectivity index (χ2v) is 6.76. The van der Waals surface area contributed by atoms with Gasteiger partial charge in [-0.1, -0.05) is 29.4 Å². The SMILES string of the molecule is Cc1ccccc1CNC(=O)COC(=O)c1cc(-c2ccco2)nc2onc(C)c12. The first kappa shape index (κ1) is 19.4. The van der Waals surface area contributed by atoms with Crippen LogP contribution in [0.4, 0.5) is 0 Å². The van der Waals surface area contributed by atoms with Crippen molar-refractivity contribution in [3.63, 3.8) is 0 Å². The summed E-state index contributed by atoms with van der Waals surface area (Å²) in [5.41, 5.74) is 3.37. The second kappa shape index (κ2) is 8.20. The van der Waals surface area contributed by atoms with E-state index in [9.17, 15) is 9.59 Å². The highest BCUT2D eigenvalue weighted by molar-refractivity contribution is 6.04. The molecule has 0 aliphatic carbocycles. The summed E-state index contributed by atoms with van der Waals surface area (Å²) in [5, 5.41) is 7.06. The van der Waals surface area contributed by atoms with E-state index in [0.29, 0.717) is 29.1 Å². The summed E-state index contributed by atoms with van der Waals surface area (Å²) < 4.78 is 15.8. The van der Waals surface area contributed by atoms with Crippen molar-refractivity contribution in [3.05, 3.63) is 71.1 Å². The van der Waals surface area contributed by atoms with Crippen LogP contribution < -0.4 is 5.32 Å². The van der Waals surface area contributed by atoms with Crippen LogP contribution in [0.1, 0.15) is 27.2 Å². The third kappa shape index (κ3) is 3.93. The minimum absolute atomic E-state index is 0.192. The zero-order chi connectivity index (χ0) is 21.1. The highest BCUT2D eigenvalue weighted by atomic mass is 16.5. The van der Waals surface area contributed by atoms with Crippen LogP contribution in [-0.4, -0.2) is 28.6 Å². The summed E-state index contributed by atoms with van der Waals surface area (Å²) in [6, 6.07) is 12.7. The van der Waals surface area contributed by atoms with Gasteiger partial charge in [0, 0.05) is 6.54 Å². The maximum atomic E-state index is 12.7. The molecule has 0 bridgehead atoms. The first-order valence-electron chi connectivity index (χ1n) is 9.32. The van der Waals surface area contributed by atoms with Gasteiger partial charge >= 0.3 is 5.97 Å². The number of fused-ring (bicyclic) bond motifs is 1.